The summed E-state index contributed by atoms with van der Waals surface area (Å²) in [5.41, 5.74) is -0.731. The van der Waals surface area contributed by atoms with Crippen molar-refractivity contribution in [3.63, 3.8) is 0 Å². The highest BCUT2D eigenvalue weighted by molar-refractivity contribution is 5.84. The van der Waals surface area contributed by atoms with E-state index in [-0.39, 0.29) is 11.9 Å². The fourth-order valence-electron chi connectivity index (χ4n) is 1.46. The van der Waals surface area contributed by atoms with Crippen molar-refractivity contribution in [2.24, 2.45) is 0 Å². The second kappa shape index (κ2) is 4.28. The maximum Gasteiger partial charge on any atom is 0.254 e. The molecule has 4 nitrogen and oxygen atoms in total. The third kappa shape index (κ3) is 2.25. The van der Waals surface area contributed by atoms with Crippen LogP contribution in [0.3, 0.4) is 0 Å². The summed E-state index contributed by atoms with van der Waals surface area (Å²) in [4.78, 5) is 13.8. The highest BCUT2D eigenvalue weighted by Gasteiger charge is 2.35. The van der Waals surface area contributed by atoms with Gasteiger partial charge in [-0.05, 0) is 20.8 Å². The van der Waals surface area contributed by atoms with Crippen molar-refractivity contribution < 1.29 is 14.3 Å². The first-order valence-corrected chi connectivity index (χ1v) is 4.93. The molecule has 1 saturated heterocycles. The van der Waals surface area contributed by atoms with E-state index in [0.717, 1.165) is 0 Å². The van der Waals surface area contributed by atoms with Crippen LogP contribution >= 0.6 is 0 Å². The molecule has 1 fully saturated rings. The molecule has 1 amide bonds. The van der Waals surface area contributed by atoms with E-state index in [1.165, 1.54) is 0 Å². The maximum absolute atomic E-state index is 12.0. The number of morpholine rings is 1. The van der Waals surface area contributed by atoms with Gasteiger partial charge in [-0.15, -0.1) is 0 Å². The number of rotatable bonds is 2. The predicted octanol–water partition coefficient (Wildman–Crippen LogP) is 0.659. The van der Waals surface area contributed by atoms with E-state index in [4.69, 9.17) is 9.47 Å². The summed E-state index contributed by atoms with van der Waals surface area (Å²) in [7, 11) is 1.56. The molecule has 0 aliphatic carbocycles. The molecule has 0 aromatic rings. The molecule has 0 spiro atoms. The molecule has 4 heteroatoms. The summed E-state index contributed by atoms with van der Waals surface area (Å²) in [5, 5.41) is 0. The standard InChI is InChI=1S/C10H19NO3/c1-8-7-14-6-5-11(8)9(12)10(2,3)13-4/h8H,5-7H2,1-4H3/t8-/m1/s1. The smallest absolute Gasteiger partial charge is 0.254 e. The quantitative estimate of drug-likeness (QED) is 0.658. The Kier molecular flexibility index (Phi) is 3.50. The average molecular weight is 201 g/mol. The number of hydrogen-bond donors (Lipinski definition) is 0. The van der Waals surface area contributed by atoms with Crippen LogP contribution in [0.1, 0.15) is 20.8 Å². The van der Waals surface area contributed by atoms with Crippen LogP contribution in [-0.2, 0) is 14.3 Å². The zero-order valence-electron chi connectivity index (χ0n) is 9.37. The van der Waals surface area contributed by atoms with Gasteiger partial charge in [0.05, 0.1) is 19.3 Å². The number of methoxy groups -OCH3 is 1. The SMILES string of the molecule is COC(C)(C)C(=O)N1CCOC[C@H]1C. The van der Waals surface area contributed by atoms with Gasteiger partial charge in [-0.25, -0.2) is 0 Å². The molecule has 14 heavy (non-hydrogen) atoms. The molecule has 0 radical (unpaired) electrons. The number of nitrogens with zero attached hydrogens (tertiary/aromatic N) is 1. The average Bonchev–Trinajstić information content (AvgIpc) is 2.17. The number of ether oxygens (including phenoxy) is 2. The first-order chi connectivity index (χ1) is 6.49. The number of hydrogen-bond acceptors (Lipinski definition) is 3. The largest absolute Gasteiger partial charge is 0.377 e. The first kappa shape index (κ1) is 11.5. The van der Waals surface area contributed by atoms with Crippen LogP contribution in [-0.4, -0.2) is 49.3 Å². The molecule has 0 N–H and O–H groups in total. The first-order valence-electron chi connectivity index (χ1n) is 4.93. The van der Waals surface area contributed by atoms with Crippen LogP contribution < -0.4 is 0 Å². The normalized spacial score (nSPS) is 23.7. The van der Waals surface area contributed by atoms with Crippen LogP contribution in [0.5, 0.6) is 0 Å². The Hall–Kier alpha value is -0.610. The van der Waals surface area contributed by atoms with Gasteiger partial charge in [0.25, 0.3) is 5.91 Å². The van der Waals surface area contributed by atoms with Crippen molar-refractivity contribution in [2.75, 3.05) is 26.9 Å². The summed E-state index contributed by atoms with van der Waals surface area (Å²) >= 11 is 0. The minimum atomic E-state index is -0.731. The van der Waals surface area contributed by atoms with E-state index in [1.807, 2.05) is 11.8 Å². The third-order valence-corrected chi connectivity index (χ3v) is 2.65. The molecule has 0 unspecified atom stereocenters. The Balaban J connectivity index is 2.67. The van der Waals surface area contributed by atoms with E-state index >= 15 is 0 Å². The fraction of sp³-hybridized carbons (Fsp3) is 0.900. The lowest BCUT2D eigenvalue weighted by Gasteiger charge is -2.37. The summed E-state index contributed by atoms with van der Waals surface area (Å²) in [6, 6.07) is 0.144. The molecule has 1 heterocycles. The van der Waals surface area contributed by atoms with E-state index in [2.05, 4.69) is 0 Å². The minimum absolute atomic E-state index is 0.0378. The van der Waals surface area contributed by atoms with Crippen molar-refractivity contribution in [1.82, 2.24) is 4.90 Å². The van der Waals surface area contributed by atoms with Crippen LogP contribution in [0.25, 0.3) is 0 Å². The maximum atomic E-state index is 12.0. The summed E-state index contributed by atoms with van der Waals surface area (Å²) in [5.74, 6) is 0.0378. The molecule has 1 aliphatic heterocycles. The van der Waals surface area contributed by atoms with Crippen LogP contribution in [0.4, 0.5) is 0 Å². The zero-order valence-corrected chi connectivity index (χ0v) is 9.37. The van der Waals surface area contributed by atoms with Gasteiger partial charge in [0.2, 0.25) is 0 Å². The van der Waals surface area contributed by atoms with Gasteiger partial charge in [0, 0.05) is 13.7 Å². The zero-order chi connectivity index (χ0) is 10.8. The second-order valence-electron chi connectivity index (χ2n) is 4.14. The molecule has 1 rings (SSSR count). The highest BCUT2D eigenvalue weighted by atomic mass is 16.5. The molecule has 1 aliphatic rings. The molecular weight excluding hydrogens is 182 g/mol. The summed E-state index contributed by atoms with van der Waals surface area (Å²) in [6.07, 6.45) is 0. The number of amides is 1. The van der Waals surface area contributed by atoms with Gasteiger partial charge in [-0.1, -0.05) is 0 Å². The van der Waals surface area contributed by atoms with Gasteiger partial charge in [0.1, 0.15) is 5.60 Å². The lowest BCUT2D eigenvalue weighted by atomic mass is 10.1. The Labute approximate surface area is 85.2 Å². The molecule has 0 aromatic heterocycles. The Morgan fingerprint density at radius 3 is 2.71 bits per heavy atom. The lowest BCUT2D eigenvalue weighted by Crippen LogP contribution is -2.54. The van der Waals surface area contributed by atoms with Crippen molar-refractivity contribution >= 4 is 5.91 Å². The van der Waals surface area contributed by atoms with Crippen molar-refractivity contribution in [2.45, 2.75) is 32.4 Å². The fourth-order valence-corrected chi connectivity index (χ4v) is 1.46. The van der Waals surface area contributed by atoms with Crippen LogP contribution in [0, 0.1) is 0 Å². The Morgan fingerprint density at radius 2 is 2.21 bits per heavy atom. The summed E-state index contributed by atoms with van der Waals surface area (Å²) < 4.78 is 10.4. The van der Waals surface area contributed by atoms with Gasteiger partial charge in [-0.3, -0.25) is 4.79 Å². The monoisotopic (exact) mass is 201 g/mol. The van der Waals surface area contributed by atoms with Crippen molar-refractivity contribution in [3.05, 3.63) is 0 Å². The van der Waals surface area contributed by atoms with E-state index < -0.39 is 5.60 Å². The second-order valence-corrected chi connectivity index (χ2v) is 4.14. The Morgan fingerprint density at radius 1 is 1.57 bits per heavy atom. The lowest BCUT2D eigenvalue weighted by molar-refractivity contribution is -0.158. The topological polar surface area (TPSA) is 38.8 Å². The van der Waals surface area contributed by atoms with Crippen LogP contribution in [0.2, 0.25) is 0 Å². The number of carbonyl (C=O) groups excluding carboxylic acids is 1. The van der Waals surface area contributed by atoms with Gasteiger partial charge >= 0.3 is 0 Å². The molecular formula is C10H19NO3. The predicted molar refractivity (Wildman–Crippen MR) is 53.1 cm³/mol. The van der Waals surface area contributed by atoms with Gasteiger partial charge in [-0.2, -0.15) is 0 Å². The van der Waals surface area contributed by atoms with Gasteiger partial charge in [0.15, 0.2) is 0 Å². The van der Waals surface area contributed by atoms with E-state index in [0.29, 0.717) is 19.8 Å². The Bertz CT molecular complexity index is 215. The molecule has 0 aromatic carbocycles. The molecule has 0 saturated carbocycles. The van der Waals surface area contributed by atoms with E-state index in [1.54, 1.807) is 21.0 Å². The van der Waals surface area contributed by atoms with E-state index in [9.17, 15) is 4.79 Å². The van der Waals surface area contributed by atoms with Crippen molar-refractivity contribution in [1.29, 1.82) is 0 Å². The van der Waals surface area contributed by atoms with Gasteiger partial charge < -0.3 is 14.4 Å². The third-order valence-electron chi connectivity index (χ3n) is 2.65. The molecule has 1 atom stereocenters. The molecule has 82 valence electrons. The minimum Gasteiger partial charge on any atom is -0.377 e. The van der Waals surface area contributed by atoms with Crippen molar-refractivity contribution in [3.8, 4) is 0 Å². The highest BCUT2D eigenvalue weighted by Crippen LogP contribution is 2.16. The molecule has 0 bridgehead atoms. The van der Waals surface area contributed by atoms with Crippen LogP contribution in [0.15, 0.2) is 0 Å². The summed E-state index contributed by atoms with van der Waals surface area (Å²) in [6.45, 7) is 7.46. The number of carbonyl (C=O) groups is 1.